The molecule has 0 bridgehead atoms. The largest absolute Gasteiger partial charge is 0.460 e. The van der Waals surface area contributed by atoms with Gasteiger partial charge in [-0.25, -0.2) is 4.79 Å². The molecule has 0 saturated heterocycles. The summed E-state index contributed by atoms with van der Waals surface area (Å²) < 4.78 is 15.6. The van der Waals surface area contributed by atoms with Gasteiger partial charge < -0.3 is 14.2 Å². The highest BCUT2D eigenvalue weighted by atomic mass is 16.6. The van der Waals surface area contributed by atoms with Crippen LogP contribution in [0.25, 0.3) is 10.9 Å². The summed E-state index contributed by atoms with van der Waals surface area (Å²) in [5.41, 5.74) is 1.08. The lowest BCUT2D eigenvalue weighted by atomic mass is 10.1. The molecule has 2 rings (SSSR count). The third-order valence-corrected chi connectivity index (χ3v) is 2.80. The van der Waals surface area contributed by atoms with Crippen LogP contribution in [0.2, 0.25) is 0 Å². The summed E-state index contributed by atoms with van der Waals surface area (Å²) in [5, 5.41) is 8.51. The van der Waals surface area contributed by atoms with Crippen molar-refractivity contribution in [3.05, 3.63) is 36.0 Å². The van der Waals surface area contributed by atoms with Crippen molar-refractivity contribution in [2.24, 2.45) is 0 Å². The topological polar surface area (TPSA) is 70.5 Å². The predicted octanol–water partition coefficient (Wildman–Crippen LogP) is 1.84. The smallest absolute Gasteiger partial charge is 0.340 e. The molecule has 0 radical (unpaired) electrons. The average Bonchev–Trinajstić information content (AvgIpc) is 2.53. The van der Waals surface area contributed by atoms with Gasteiger partial charge in [-0.1, -0.05) is 18.2 Å². The first-order valence-corrected chi connectivity index (χ1v) is 6.86. The molecule has 0 unspecified atom stereocenters. The summed E-state index contributed by atoms with van der Waals surface area (Å²) in [5.74, 6) is -0.422. The van der Waals surface area contributed by atoms with Crippen molar-refractivity contribution in [3.63, 3.8) is 0 Å². The maximum Gasteiger partial charge on any atom is 0.340 e. The number of ether oxygens (including phenoxy) is 3. The summed E-state index contributed by atoms with van der Waals surface area (Å²) in [7, 11) is 0. The number of benzene rings is 1. The zero-order valence-corrected chi connectivity index (χ0v) is 11.9. The molecule has 6 nitrogen and oxygen atoms in total. The Morgan fingerprint density at radius 2 is 1.86 bits per heavy atom. The van der Waals surface area contributed by atoms with Crippen LogP contribution in [0.15, 0.2) is 30.5 Å². The van der Waals surface area contributed by atoms with Crippen molar-refractivity contribution in [2.75, 3.05) is 33.0 Å². The van der Waals surface area contributed by atoms with E-state index >= 15 is 0 Å². The van der Waals surface area contributed by atoms with Gasteiger partial charge in [0.2, 0.25) is 0 Å². The van der Waals surface area contributed by atoms with Gasteiger partial charge in [0.1, 0.15) is 6.61 Å². The molecule has 21 heavy (non-hydrogen) atoms. The van der Waals surface area contributed by atoms with Crippen LogP contribution in [0, 0.1) is 0 Å². The van der Waals surface area contributed by atoms with Gasteiger partial charge in [-0.2, -0.15) is 10.2 Å². The maximum absolute atomic E-state index is 12.0. The fourth-order valence-electron chi connectivity index (χ4n) is 1.80. The standard InChI is InChI=1S/C15H18N2O4/c1-2-19-7-8-20-9-10-21-15(18)13-11-16-17-14-6-4-3-5-12(13)14/h3-6,11H,2,7-10H2,1H3. The van der Waals surface area contributed by atoms with Crippen LogP contribution in [0.5, 0.6) is 0 Å². The molecular formula is C15H18N2O4. The zero-order valence-electron chi connectivity index (χ0n) is 11.9. The molecule has 1 aromatic heterocycles. The van der Waals surface area contributed by atoms with Crippen LogP contribution >= 0.6 is 0 Å². The molecule has 0 amide bonds. The molecule has 0 aliphatic rings. The number of rotatable bonds is 8. The summed E-state index contributed by atoms with van der Waals surface area (Å²) in [6.07, 6.45) is 1.42. The van der Waals surface area contributed by atoms with E-state index in [1.165, 1.54) is 6.20 Å². The number of esters is 1. The van der Waals surface area contributed by atoms with Crippen molar-refractivity contribution in [3.8, 4) is 0 Å². The number of nitrogens with zero attached hydrogens (tertiary/aromatic N) is 2. The molecule has 0 saturated carbocycles. The van der Waals surface area contributed by atoms with Crippen molar-refractivity contribution >= 4 is 16.9 Å². The number of hydrogen-bond acceptors (Lipinski definition) is 6. The molecule has 0 spiro atoms. The molecule has 1 aromatic carbocycles. The van der Waals surface area contributed by atoms with Gasteiger partial charge in [-0.3, -0.25) is 0 Å². The average molecular weight is 290 g/mol. The van der Waals surface area contributed by atoms with Crippen LogP contribution in [-0.2, 0) is 14.2 Å². The number of carbonyl (C=O) groups excluding carboxylic acids is 1. The second kappa shape index (κ2) is 8.28. The Balaban J connectivity index is 1.83. The van der Waals surface area contributed by atoms with Crippen molar-refractivity contribution in [1.29, 1.82) is 0 Å². The molecule has 2 aromatic rings. The summed E-state index contributed by atoms with van der Waals surface area (Å²) in [4.78, 5) is 12.0. The van der Waals surface area contributed by atoms with E-state index < -0.39 is 5.97 Å². The fourth-order valence-corrected chi connectivity index (χ4v) is 1.80. The Hall–Kier alpha value is -2.05. The SMILES string of the molecule is CCOCCOCCOC(=O)c1cnnc2ccccc12. The van der Waals surface area contributed by atoms with Crippen molar-refractivity contribution in [1.82, 2.24) is 10.2 Å². The highest BCUT2D eigenvalue weighted by molar-refractivity contribution is 6.02. The highest BCUT2D eigenvalue weighted by Crippen LogP contribution is 2.15. The minimum Gasteiger partial charge on any atom is -0.460 e. The summed E-state index contributed by atoms with van der Waals surface area (Å²) >= 11 is 0. The van der Waals surface area contributed by atoms with Gasteiger partial charge in [-0.15, -0.1) is 0 Å². The van der Waals surface area contributed by atoms with Gasteiger partial charge in [0.15, 0.2) is 0 Å². The summed E-state index contributed by atoms with van der Waals surface area (Å²) in [6, 6.07) is 7.31. The monoisotopic (exact) mass is 290 g/mol. The molecule has 0 N–H and O–H groups in total. The summed E-state index contributed by atoms with van der Waals surface area (Å²) in [6.45, 7) is 4.17. The van der Waals surface area contributed by atoms with E-state index in [4.69, 9.17) is 14.2 Å². The van der Waals surface area contributed by atoms with Gasteiger partial charge in [-0.05, 0) is 13.0 Å². The second-order valence-electron chi connectivity index (χ2n) is 4.22. The maximum atomic E-state index is 12.0. The van der Waals surface area contributed by atoms with Crippen LogP contribution < -0.4 is 0 Å². The fraction of sp³-hybridized carbons (Fsp3) is 0.400. The van der Waals surface area contributed by atoms with E-state index in [-0.39, 0.29) is 6.61 Å². The lowest BCUT2D eigenvalue weighted by Crippen LogP contribution is -2.13. The lowest BCUT2D eigenvalue weighted by Gasteiger charge is -2.07. The van der Waals surface area contributed by atoms with Crippen LogP contribution in [0.1, 0.15) is 17.3 Å². The number of hydrogen-bond donors (Lipinski definition) is 0. The first-order chi connectivity index (χ1) is 10.3. The van der Waals surface area contributed by atoms with E-state index in [9.17, 15) is 4.79 Å². The first-order valence-electron chi connectivity index (χ1n) is 6.86. The molecular weight excluding hydrogens is 272 g/mol. The van der Waals surface area contributed by atoms with E-state index in [1.54, 1.807) is 6.07 Å². The minimum absolute atomic E-state index is 0.196. The Morgan fingerprint density at radius 1 is 1.10 bits per heavy atom. The normalized spacial score (nSPS) is 10.7. The van der Waals surface area contributed by atoms with Crippen LogP contribution in [0.3, 0.4) is 0 Å². The van der Waals surface area contributed by atoms with Gasteiger partial charge >= 0.3 is 5.97 Å². The number of carbonyl (C=O) groups is 1. The van der Waals surface area contributed by atoms with E-state index in [1.807, 2.05) is 25.1 Å². The van der Waals surface area contributed by atoms with Crippen molar-refractivity contribution in [2.45, 2.75) is 6.92 Å². The number of aromatic nitrogens is 2. The third-order valence-electron chi connectivity index (χ3n) is 2.80. The van der Waals surface area contributed by atoms with Gasteiger partial charge in [0, 0.05) is 12.0 Å². The highest BCUT2D eigenvalue weighted by Gasteiger charge is 2.12. The van der Waals surface area contributed by atoms with E-state index in [2.05, 4.69) is 10.2 Å². The molecule has 1 heterocycles. The van der Waals surface area contributed by atoms with Crippen LogP contribution in [0.4, 0.5) is 0 Å². The molecule has 112 valence electrons. The predicted molar refractivity (Wildman–Crippen MR) is 77.1 cm³/mol. The minimum atomic E-state index is -0.422. The molecule has 0 aliphatic heterocycles. The molecule has 0 atom stereocenters. The zero-order chi connectivity index (χ0) is 14.9. The molecule has 0 fully saturated rings. The lowest BCUT2D eigenvalue weighted by molar-refractivity contribution is 0.0165. The Kier molecular flexibility index (Phi) is 6.05. The van der Waals surface area contributed by atoms with Crippen LogP contribution in [-0.4, -0.2) is 49.2 Å². The molecule has 0 aliphatic carbocycles. The van der Waals surface area contributed by atoms with Crippen molar-refractivity contribution < 1.29 is 19.0 Å². The van der Waals surface area contributed by atoms with E-state index in [0.29, 0.717) is 37.5 Å². The Labute approximate surface area is 123 Å². The Bertz CT molecular complexity index is 583. The third kappa shape index (κ3) is 4.47. The molecule has 6 heteroatoms. The van der Waals surface area contributed by atoms with Gasteiger partial charge in [0.05, 0.1) is 37.1 Å². The van der Waals surface area contributed by atoms with Gasteiger partial charge in [0.25, 0.3) is 0 Å². The second-order valence-corrected chi connectivity index (χ2v) is 4.22. The quantitative estimate of drug-likeness (QED) is 0.546. The number of fused-ring (bicyclic) bond motifs is 1. The Morgan fingerprint density at radius 3 is 2.71 bits per heavy atom. The van der Waals surface area contributed by atoms with E-state index in [0.717, 1.165) is 5.39 Å². The first kappa shape index (κ1) is 15.3.